The van der Waals surface area contributed by atoms with Crippen LogP contribution in [0.5, 0.6) is 0 Å². The molecule has 4 rings (SSSR count). The maximum absolute atomic E-state index is 13.3. The maximum atomic E-state index is 13.3. The van der Waals surface area contributed by atoms with Crippen molar-refractivity contribution in [2.45, 2.75) is 58.8 Å². The van der Waals surface area contributed by atoms with Gasteiger partial charge in [-0.2, -0.15) is 0 Å². The molecule has 1 amide bonds. The lowest BCUT2D eigenvalue weighted by Gasteiger charge is -2.35. The van der Waals surface area contributed by atoms with Gasteiger partial charge in [-0.1, -0.05) is 61.5 Å². The molecule has 1 aliphatic heterocycles. The van der Waals surface area contributed by atoms with Gasteiger partial charge in [0.05, 0.1) is 11.6 Å². The number of benzene rings is 2. The number of hydrogen-bond donors (Lipinski definition) is 0. The monoisotopic (exact) mass is 460 g/mol. The fourth-order valence-corrected chi connectivity index (χ4v) is 4.42. The zero-order chi connectivity index (χ0) is 24.3. The fourth-order valence-electron chi connectivity index (χ4n) is 4.42. The summed E-state index contributed by atoms with van der Waals surface area (Å²) in [5.41, 5.74) is 3.11. The molecule has 0 bridgehead atoms. The molecular formula is C28H32N2O4. The van der Waals surface area contributed by atoms with Gasteiger partial charge in [0.15, 0.2) is 0 Å². The minimum atomic E-state index is -0.616. The van der Waals surface area contributed by atoms with E-state index in [1.54, 1.807) is 9.47 Å². The van der Waals surface area contributed by atoms with E-state index in [1.165, 1.54) is 0 Å². The van der Waals surface area contributed by atoms with Crippen LogP contribution in [0, 0.1) is 0 Å². The van der Waals surface area contributed by atoms with Gasteiger partial charge in [-0.3, -0.25) is 9.47 Å². The molecule has 1 aromatic heterocycles. The van der Waals surface area contributed by atoms with Gasteiger partial charge in [0.2, 0.25) is 0 Å². The van der Waals surface area contributed by atoms with Crippen LogP contribution in [0.3, 0.4) is 0 Å². The van der Waals surface area contributed by atoms with E-state index in [9.17, 15) is 9.59 Å². The zero-order valence-corrected chi connectivity index (χ0v) is 20.3. The average Bonchev–Trinajstić information content (AvgIpc) is 3.21. The van der Waals surface area contributed by atoms with E-state index in [4.69, 9.17) is 9.47 Å². The Morgan fingerprint density at radius 1 is 1.00 bits per heavy atom. The van der Waals surface area contributed by atoms with Crippen LogP contribution in [0.4, 0.5) is 9.59 Å². The first-order chi connectivity index (χ1) is 16.3. The van der Waals surface area contributed by atoms with Crippen molar-refractivity contribution in [1.82, 2.24) is 9.47 Å². The van der Waals surface area contributed by atoms with Gasteiger partial charge in [0, 0.05) is 23.7 Å². The third-order valence-electron chi connectivity index (χ3n) is 5.91. The summed E-state index contributed by atoms with van der Waals surface area (Å²) in [7, 11) is 0. The number of fused-ring (bicyclic) bond motifs is 1. The normalized spacial score (nSPS) is 16.3. The highest BCUT2D eigenvalue weighted by atomic mass is 16.6. The Bertz CT molecular complexity index is 1200. The maximum Gasteiger partial charge on any atom is 0.419 e. The highest BCUT2D eigenvalue weighted by Crippen LogP contribution is 2.39. The van der Waals surface area contributed by atoms with Crippen molar-refractivity contribution < 1.29 is 19.1 Å². The SMILES string of the molecule is CCC1=CCCN(C(=O)OCc2ccccc2)C1c1cn(C(=O)OC(C)(C)C)c2ccccc12. The Morgan fingerprint density at radius 3 is 2.41 bits per heavy atom. The molecule has 2 heterocycles. The Balaban J connectivity index is 1.71. The quantitative estimate of drug-likeness (QED) is 0.400. The molecule has 0 aliphatic carbocycles. The van der Waals surface area contributed by atoms with Crippen LogP contribution < -0.4 is 0 Å². The summed E-state index contributed by atoms with van der Waals surface area (Å²) in [5, 5.41) is 0.917. The summed E-state index contributed by atoms with van der Waals surface area (Å²) in [4.78, 5) is 28.1. The molecule has 6 heteroatoms. The van der Waals surface area contributed by atoms with E-state index >= 15 is 0 Å². The molecule has 34 heavy (non-hydrogen) atoms. The van der Waals surface area contributed by atoms with E-state index in [0.29, 0.717) is 6.54 Å². The Morgan fingerprint density at radius 2 is 1.71 bits per heavy atom. The Kier molecular flexibility index (Phi) is 6.77. The molecule has 2 aromatic carbocycles. The van der Waals surface area contributed by atoms with E-state index < -0.39 is 11.7 Å². The van der Waals surface area contributed by atoms with Gasteiger partial charge in [0.25, 0.3) is 0 Å². The number of hydrogen-bond acceptors (Lipinski definition) is 4. The predicted molar refractivity (Wildman–Crippen MR) is 133 cm³/mol. The number of nitrogens with zero attached hydrogens (tertiary/aromatic N) is 2. The molecule has 0 N–H and O–H groups in total. The van der Waals surface area contributed by atoms with Crippen LogP contribution in [0.2, 0.25) is 0 Å². The third kappa shape index (κ3) is 5.01. The Hall–Kier alpha value is -3.54. The molecular weight excluding hydrogens is 428 g/mol. The number of carbonyl (C=O) groups is 2. The minimum absolute atomic E-state index is 0.216. The Labute approximate surface area is 200 Å². The zero-order valence-electron chi connectivity index (χ0n) is 20.3. The van der Waals surface area contributed by atoms with Crippen molar-refractivity contribution >= 4 is 23.1 Å². The van der Waals surface area contributed by atoms with E-state index in [0.717, 1.165) is 40.4 Å². The lowest BCUT2D eigenvalue weighted by Crippen LogP contribution is -2.39. The first-order valence-corrected chi connectivity index (χ1v) is 11.8. The van der Waals surface area contributed by atoms with Crippen LogP contribution in [0.1, 0.15) is 57.7 Å². The number of amides is 1. The second-order valence-electron chi connectivity index (χ2n) is 9.51. The lowest BCUT2D eigenvalue weighted by molar-refractivity contribution is 0.0544. The van der Waals surface area contributed by atoms with Crippen molar-refractivity contribution in [3.05, 3.63) is 83.6 Å². The van der Waals surface area contributed by atoms with E-state index in [2.05, 4.69) is 13.0 Å². The van der Waals surface area contributed by atoms with Gasteiger partial charge in [-0.15, -0.1) is 0 Å². The first-order valence-electron chi connectivity index (χ1n) is 11.8. The van der Waals surface area contributed by atoms with Crippen molar-refractivity contribution in [3.63, 3.8) is 0 Å². The number of ether oxygens (including phenoxy) is 2. The summed E-state index contributed by atoms with van der Waals surface area (Å²) in [6, 6.07) is 17.1. The molecule has 1 atom stereocenters. The van der Waals surface area contributed by atoms with Gasteiger partial charge < -0.3 is 9.47 Å². The molecule has 6 nitrogen and oxygen atoms in total. The van der Waals surface area contributed by atoms with Crippen LogP contribution >= 0.6 is 0 Å². The average molecular weight is 461 g/mol. The van der Waals surface area contributed by atoms with E-state index in [-0.39, 0.29) is 18.7 Å². The van der Waals surface area contributed by atoms with Crippen LogP contribution in [0.15, 0.2) is 72.4 Å². The lowest BCUT2D eigenvalue weighted by atomic mass is 9.91. The number of rotatable bonds is 4. The summed E-state index contributed by atoms with van der Waals surface area (Å²) < 4.78 is 12.9. The smallest absolute Gasteiger partial charge is 0.419 e. The van der Waals surface area contributed by atoms with Crippen molar-refractivity contribution in [2.75, 3.05) is 6.54 Å². The van der Waals surface area contributed by atoms with Gasteiger partial charge in [0.1, 0.15) is 12.2 Å². The highest BCUT2D eigenvalue weighted by molar-refractivity contribution is 5.93. The summed E-state index contributed by atoms with van der Waals surface area (Å²) in [5.74, 6) is 0. The van der Waals surface area contributed by atoms with Crippen molar-refractivity contribution in [3.8, 4) is 0 Å². The topological polar surface area (TPSA) is 60.8 Å². The number of para-hydroxylation sites is 1. The number of carbonyl (C=O) groups excluding carboxylic acids is 2. The highest BCUT2D eigenvalue weighted by Gasteiger charge is 2.34. The standard InChI is InChI=1S/C28H32N2O4/c1-5-21-14-11-17-29(26(31)33-19-20-12-7-6-8-13-20)25(21)23-18-30(27(32)34-28(2,3)4)24-16-10-9-15-22(23)24/h6-10,12-16,18,25H,5,11,17,19H2,1-4H3. The van der Waals surface area contributed by atoms with Crippen molar-refractivity contribution in [2.24, 2.45) is 0 Å². The van der Waals surface area contributed by atoms with Crippen LogP contribution in [-0.2, 0) is 16.1 Å². The molecule has 0 radical (unpaired) electrons. The first kappa shape index (κ1) is 23.6. The third-order valence-corrected chi connectivity index (χ3v) is 5.91. The van der Waals surface area contributed by atoms with Gasteiger partial charge >= 0.3 is 12.2 Å². The summed E-state index contributed by atoms with van der Waals surface area (Å²) in [6.07, 6.45) is 4.78. The molecule has 1 aliphatic rings. The summed E-state index contributed by atoms with van der Waals surface area (Å²) in [6.45, 7) is 8.40. The fraction of sp³-hybridized carbons (Fsp3) is 0.357. The molecule has 3 aromatic rings. The second-order valence-corrected chi connectivity index (χ2v) is 9.51. The molecule has 0 fully saturated rings. The minimum Gasteiger partial charge on any atom is -0.445 e. The number of aromatic nitrogens is 1. The van der Waals surface area contributed by atoms with Gasteiger partial charge in [-0.25, -0.2) is 9.59 Å². The molecule has 178 valence electrons. The largest absolute Gasteiger partial charge is 0.445 e. The van der Waals surface area contributed by atoms with Crippen molar-refractivity contribution in [1.29, 1.82) is 0 Å². The molecule has 1 unspecified atom stereocenters. The molecule has 0 saturated carbocycles. The van der Waals surface area contributed by atoms with Gasteiger partial charge in [-0.05, 0) is 50.8 Å². The molecule has 0 saturated heterocycles. The summed E-state index contributed by atoms with van der Waals surface area (Å²) >= 11 is 0. The van der Waals surface area contributed by atoms with E-state index in [1.807, 2.05) is 81.6 Å². The molecule has 0 spiro atoms. The second kappa shape index (κ2) is 9.75. The van der Waals surface area contributed by atoms with Crippen LogP contribution in [0.25, 0.3) is 10.9 Å². The van der Waals surface area contributed by atoms with Crippen LogP contribution in [-0.4, -0.2) is 33.8 Å². The predicted octanol–water partition coefficient (Wildman–Crippen LogP) is 6.84.